The molecule has 14 heteroatoms. The van der Waals surface area contributed by atoms with E-state index in [-0.39, 0.29) is 47.2 Å². The first-order valence-electron chi connectivity index (χ1n) is 14.0. The second-order valence-electron chi connectivity index (χ2n) is 11.7. The van der Waals surface area contributed by atoms with Crippen molar-refractivity contribution in [2.45, 2.75) is 38.3 Å². The number of aromatic nitrogens is 4. The Balaban J connectivity index is 1.40. The minimum absolute atomic E-state index is 0.00530. The Morgan fingerprint density at radius 1 is 1.18 bits per heavy atom. The van der Waals surface area contributed by atoms with Gasteiger partial charge < -0.3 is 20.7 Å². The zero-order valence-electron chi connectivity index (χ0n) is 24.8. The van der Waals surface area contributed by atoms with Crippen molar-refractivity contribution in [1.82, 2.24) is 19.6 Å². The molecule has 1 aliphatic heterocycles. The van der Waals surface area contributed by atoms with Crippen LogP contribution in [0, 0.1) is 28.9 Å². The quantitative estimate of drug-likeness (QED) is 0.281. The second-order valence-corrected chi connectivity index (χ2v) is 14.0. The molecule has 11 nitrogen and oxygen atoms in total. The van der Waals surface area contributed by atoms with E-state index in [0.29, 0.717) is 30.2 Å². The molecule has 1 saturated heterocycles. The zero-order chi connectivity index (χ0) is 31.8. The molecule has 0 saturated carbocycles. The number of piperidine rings is 1. The smallest absolute Gasteiger partial charge is 0.229 e. The summed E-state index contributed by atoms with van der Waals surface area (Å²) in [5.41, 5.74) is 7.40. The summed E-state index contributed by atoms with van der Waals surface area (Å²) in [4.78, 5) is 10.8. The lowest BCUT2D eigenvalue weighted by Crippen LogP contribution is -2.57. The van der Waals surface area contributed by atoms with Crippen molar-refractivity contribution >= 4 is 32.7 Å². The highest BCUT2D eigenvalue weighted by molar-refractivity contribution is 7.90. The van der Waals surface area contributed by atoms with E-state index in [4.69, 9.17) is 10.5 Å². The molecule has 0 radical (unpaired) electrons. The second kappa shape index (κ2) is 12.1. The first-order chi connectivity index (χ1) is 20.8. The molecule has 1 aromatic carbocycles. The zero-order valence-corrected chi connectivity index (χ0v) is 25.6. The monoisotopic (exact) mass is 624 g/mol. The number of hydrogen-bond donors (Lipinski definition) is 2. The molecule has 1 fully saturated rings. The van der Waals surface area contributed by atoms with Crippen LogP contribution in [0.3, 0.4) is 0 Å². The number of nitrogens with one attached hydrogen (secondary N) is 1. The molecule has 44 heavy (non-hydrogen) atoms. The molecule has 0 amide bonds. The van der Waals surface area contributed by atoms with Gasteiger partial charge in [-0.05, 0) is 49.7 Å². The van der Waals surface area contributed by atoms with Crippen molar-refractivity contribution < 1.29 is 21.9 Å². The summed E-state index contributed by atoms with van der Waals surface area (Å²) in [5, 5.41) is 17.1. The van der Waals surface area contributed by atoms with E-state index in [1.54, 1.807) is 38.5 Å². The maximum atomic E-state index is 15.2. The number of pyridine rings is 1. The van der Waals surface area contributed by atoms with Crippen LogP contribution < -0.4 is 16.0 Å². The van der Waals surface area contributed by atoms with Crippen LogP contribution >= 0.6 is 0 Å². The van der Waals surface area contributed by atoms with Crippen LogP contribution in [0.15, 0.2) is 48.9 Å². The summed E-state index contributed by atoms with van der Waals surface area (Å²) in [5.74, 6) is -1.41. The number of fused-ring (bicyclic) bond motifs is 1. The summed E-state index contributed by atoms with van der Waals surface area (Å²) < 4.78 is 60.8. The number of nitriles is 1. The Kier molecular flexibility index (Phi) is 8.57. The molecule has 4 heterocycles. The van der Waals surface area contributed by atoms with E-state index >= 15 is 8.78 Å². The normalized spacial score (nSPS) is 19.2. The van der Waals surface area contributed by atoms with Gasteiger partial charge in [-0.1, -0.05) is 6.92 Å². The number of halogens is 2. The standard InChI is InChI=1S/C30H34F2N8O3S/c1-18-15-39(16-23(34)28(18)43-9-10-44(4,41)42)26-7-8-35-14-25(26)37-29-36-13-20-5-6-24(38-40(20)29)27-21(31)11-19(12-22(27)32)30(2,3)17-33/h5-8,11-14,18,23,28H,9-10,15-16,34H2,1-4H3,(H,36,37). The van der Waals surface area contributed by atoms with Gasteiger partial charge in [0.1, 0.15) is 21.5 Å². The van der Waals surface area contributed by atoms with Crippen LogP contribution in [0.2, 0.25) is 0 Å². The number of imidazole rings is 1. The van der Waals surface area contributed by atoms with Crippen LogP contribution in [-0.2, 0) is 20.0 Å². The molecular formula is C30H34F2N8O3S. The van der Waals surface area contributed by atoms with Crippen LogP contribution in [-0.4, -0.2) is 71.9 Å². The highest BCUT2D eigenvalue weighted by atomic mass is 32.2. The number of ether oxygens (including phenoxy) is 1. The van der Waals surface area contributed by atoms with E-state index in [0.717, 1.165) is 17.8 Å². The van der Waals surface area contributed by atoms with Crippen molar-refractivity contribution in [3.05, 3.63) is 66.1 Å². The van der Waals surface area contributed by atoms with Gasteiger partial charge in [0, 0.05) is 37.5 Å². The molecule has 3 N–H and O–H groups in total. The Hall–Kier alpha value is -4.19. The Labute approximate surface area is 254 Å². The van der Waals surface area contributed by atoms with Gasteiger partial charge in [-0.25, -0.2) is 22.2 Å². The lowest BCUT2D eigenvalue weighted by atomic mass is 9.85. The maximum Gasteiger partial charge on any atom is 0.229 e. The molecule has 0 bridgehead atoms. The Morgan fingerprint density at radius 2 is 1.91 bits per heavy atom. The first-order valence-corrected chi connectivity index (χ1v) is 16.1. The largest absolute Gasteiger partial charge is 0.375 e. The summed E-state index contributed by atoms with van der Waals surface area (Å²) in [6, 6.07) is 9.03. The molecule has 4 aromatic rings. The lowest BCUT2D eigenvalue weighted by molar-refractivity contribution is 0.00183. The van der Waals surface area contributed by atoms with E-state index in [1.165, 1.54) is 16.8 Å². The van der Waals surface area contributed by atoms with Crippen molar-refractivity contribution in [3.8, 4) is 17.3 Å². The molecule has 5 rings (SSSR count). The lowest BCUT2D eigenvalue weighted by Gasteiger charge is -2.42. The molecule has 0 spiro atoms. The predicted molar refractivity (Wildman–Crippen MR) is 163 cm³/mol. The van der Waals surface area contributed by atoms with Crippen LogP contribution in [0.25, 0.3) is 16.8 Å². The average molecular weight is 625 g/mol. The van der Waals surface area contributed by atoms with Gasteiger partial charge in [0.15, 0.2) is 0 Å². The summed E-state index contributed by atoms with van der Waals surface area (Å²) in [6.07, 6.45) is 5.75. The van der Waals surface area contributed by atoms with Crippen molar-refractivity contribution in [2.75, 3.05) is 41.9 Å². The van der Waals surface area contributed by atoms with Crippen LogP contribution in [0.4, 0.5) is 26.1 Å². The minimum atomic E-state index is -3.14. The molecule has 3 atom stereocenters. The number of hydrogen-bond acceptors (Lipinski definition) is 10. The molecule has 0 aliphatic carbocycles. The van der Waals surface area contributed by atoms with Gasteiger partial charge in [-0.3, -0.25) is 4.98 Å². The van der Waals surface area contributed by atoms with E-state index in [9.17, 15) is 13.7 Å². The number of sulfone groups is 1. The number of anilines is 3. The Morgan fingerprint density at radius 3 is 2.57 bits per heavy atom. The minimum Gasteiger partial charge on any atom is -0.375 e. The fourth-order valence-corrected chi connectivity index (χ4v) is 5.75. The van der Waals surface area contributed by atoms with Gasteiger partial charge in [-0.2, -0.15) is 14.9 Å². The van der Waals surface area contributed by atoms with Gasteiger partial charge >= 0.3 is 0 Å². The number of nitrogens with zero attached hydrogens (tertiary/aromatic N) is 6. The van der Waals surface area contributed by atoms with E-state index in [1.807, 2.05) is 13.0 Å². The van der Waals surface area contributed by atoms with Crippen molar-refractivity contribution in [2.24, 2.45) is 11.7 Å². The molecular weight excluding hydrogens is 590 g/mol. The van der Waals surface area contributed by atoms with Crippen molar-refractivity contribution in [1.29, 1.82) is 5.26 Å². The highest BCUT2D eigenvalue weighted by Gasteiger charge is 2.34. The number of rotatable bonds is 9. The summed E-state index contributed by atoms with van der Waals surface area (Å²) in [6.45, 7) is 6.32. The Bertz CT molecular complexity index is 1800. The third-order valence-electron chi connectivity index (χ3n) is 7.76. The predicted octanol–water partition coefficient (Wildman–Crippen LogP) is 3.83. The SMILES string of the molecule is CC1CN(c2ccncc2Nc2ncc3ccc(-c4c(F)cc(C(C)(C)C#N)cc4F)nn23)CC(N)C1OCCS(C)(=O)=O. The topological polar surface area (TPSA) is 152 Å². The summed E-state index contributed by atoms with van der Waals surface area (Å²) >= 11 is 0. The average Bonchev–Trinajstić information content (AvgIpc) is 3.35. The van der Waals surface area contributed by atoms with Gasteiger partial charge in [0.25, 0.3) is 0 Å². The first kappa shape index (κ1) is 31.2. The number of nitrogens with two attached hydrogens (primary N) is 1. The van der Waals surface area contributed by atoms with Gasteiger partial charge in [0.05, 0.1) is 70.5 Å². The van der Waals surface area contributed by atoms with Crippen molar-refractivity contribution in [3.63, 3.8) is 0 Å². The fraction of sp³-hybridized carbons (Fsp3) is 0.400. The van der Waals surface area contributed by atoms with E-state index in [2.05, 4.69) is 31.4 Å². The molecule has 232 valence electrons. The van der Waals surface area contributed by atoms with Crippen LogP contribution in [0.5, 0.6) is 0 Å². The molecule has 1 aliphatic rings. The highest BCUT2D eigenvalue weighted by Crippen LogP contribution is 2.34. The van der Waals surface area contributed by atoms with Gasteiger partial charge in [0.2, 0.25) is 5.95 Å². The van der Waals surface area contributed by atoms with Gasteiger partial charge in [-0.15, -0.1) is 0 Å². The third-order valence-corrected chi connectivity index (χ3v) is 8.66. The molecule has 3 aromatic heterocycles. The maximum absolute atomic E-state index is 15.2. The van der Waals surface area contributed by atoms with E-state index < -0.39 is 26.9 Å². The fourth-order valence-electron chi connectivity index (χ4n) is 5.35. The summed E-state index contributed by atoms with van der Waals surface area (Å²) in [7, 11) is -3.14. The number of benzene rings is 1. The molecule has 3 unspecified atom stereocenters. The van der Waals surface area contributed by atoms with Crippen LogP contribution in [0.1, 0.15) is 26.3 Å². The third kappa shape index (κ3) is 6.50.